The predicted octanol–water partition coefficient (Wildman–Crippen LogP) is 7.87. The van der Waals surface area contributed by atoms with Gasteiger partial charge in [0.15, 0.2) is 0 Å². The molecule has 2 heteroatoms. The van der Waals surface area contributed by atoms with Crippen LogP contribution in [-0.2, 0) is 6.42 Å². The Hall–Kier alpha value is -0.600. The van der Waals surface area contributed by atoms with Crippen molar-refractivity contribution in [2.75, 3.05) is 0 Å². The normalized spacial score (nSPS) is 13.7. The summed E-state index contributed by atoms with van der Waals surface area (Å²) in [5.41, 5.74) is 6.63. The van der Waals surface area contributed by atoms with E-state index in [9.17, 15) is 0 Å². The molecule has 0 aliphatic heterocycles. The number of hydrogen-bond donors (Lipinski definition) is 0. The molecule has 23 heavy (non-hydrogen) atoms. The van der Waals surface area contributed by atoms with E-state index in [0.717, 1.165) is 0 Å². The van der Waals surface area contributed by atoms with Gasteiger partial charge < -0.3 is 0 Å². The van der Waals surface area contributed by atoms with Crippen molar-refractivity contribution in [2.24, 2.45) is 0 Å². The lowest BCUT2D eigenvalue weighted by Gasteiger charge is -2.15. The van der Waals surface area contributed by atoms with Crippen molar-refractivity contribution in [1.29, 1.82) is 0 Å². The topological polar surface area (TPSA) is 0 Å². The highest BCUT2D eigenvalue weighted by atomic mass is 32.1. The molecule has 0 fully saturated rings. The monoisotopic (exact) mass is 346 g/mol. The zero-order valence-electron chi connectivity index (χ0n) is 15.8. The standard InChI is InChI=1S/C21H30S2/c1-10(2)16-14-9-15-17(11(3)4)19(13(7)8)23-21(15)20(14)22-18(16)12(5)6/h10-13H,9H2,1-8H3. The van der Waals surface area contributed by atoms with Gasteiger partial charge in [-0.05, 0) is 45.9 Å². The van der Waals surface area contributed by atoms with Crippen molar-refractivity contribution >= 4 is 22.7 Å². The molecule has 0 unspecified atom stereocenters. The maximum atomic E-state index is 2.36. The molecule has 0 saturated carbocycles. The summed E-state index contributed by atoms with van der Waals surface area (Å²) < 4.78 is 0. The third-order valence-electron chi connectivity index (χ3n) is 4.92. The van der Waals surface area contributed by atoms with Crippen LogP contribution >= 0.6 is 22.7 Å². The van der Waals surface area contributed by atoms with Crippen LogP contribution in [0.15, 0.2) is 0 Å². The summed E-state index contributed by atoms with van der Waals surface area (Å²) >= 11 is 4.17. The Kier molecular flexibility index (Phi) is 4.52. The summed E-state index contributed by atoms with van der Waals surface area (Å²) in [4.78, 5) is 6.46. The number of fused-ring (bicyclic) bond motifs is 3. The average Bonchev–Trinajstić information content (AvgIpc) is 3.03. The Balaban J connectivity index is 2.22. The molecule has 0 saturated heterocycles. The quantitative estimate of drug-likeness (QED) is 0.451. The summed E-state index contributed by atoms with van der Waals surface area (Å²) in [7, 11) is 0. The fourth-order valence-corrected chi connectivity index (χ4v) is 7.15. The van der Waals surface area contributed by atoms with Gasteiger partial charge in [0, 0.05) is 25.9 Å². The Labute approximate surface area is 150 Å². The lowest BCUT2D eigenvalue weighted by atomic mass is 9.90. The zero-order valence-corrected chi connectivity index (χ0v) is 17.5. The molecular formula is C21H30S2. The van der Waals surface area contributed by atoms with E-state index in [4.69, 9.17) is 0 Å². The fraction of sp³-hybridized carbons (Fsp3) is 0.619. The highest BCUT2D eigenvalue weighted by Crippen LogP contribution is 2.55. The van der Waals surface area contributed by atoms with E-state index in [1.807, 2.05) is 0 Å². The molecule has 2 heterocycles. The van der Waals surface area contributed by atoms with E-state index in [1.54, 1.807) is 41.8 Å². The minimum atomic E-state index is 0.633. The van der Waals surface area contributed by atoms with E-state index in [2.05, 4.69) is 78.1 Å². The Morgan fingerprint density at radius 1 is 0.565 bits per heavy atom. The van der Waals surface area contributed by atoms with Crippen LogP contribution in [-0.4, -0.2) is 0 Å². The van der Waals surface area contributed by atoms with Crippen LogP contribution in [0.3, 0.4) is 0 Å². The minimum Gasteiger partial charge on any atom is -0.139 e. The van der Waals surface area contributed by atoms with Gasteiger partial charge in [0.1, 0.15) is 0 Å². The van der Waals surface area contributed by atoms with Crippen LogP contribution in [0.4, 0.5) is 0 Å². The number of hydrogen-bond acceptors (Lipinski definition) is 2. The largest absolute Gasteiger partial charge is 0.139 e. The molecule has 2 aromatic heterocycles. The Bertz CT molecular complexity index is 661. The van der Waals surface area contributed by atoms with Crippen LogP contribution in [0.2, 0.25) is 0 Å². The molecule has 0 aromatic carbocycles. The summed E-state index contributed by atoms with van der Waals surface area (Å²) in [6.07, 6.45) is 1.18. The predicted molar refractivity (Wildman–Crippen MR) is 107 cm³/mol. The highest BCUT2D eigenvalue weighted by molar-refractivity contribution is 7.23. The van der Waals surface area contributed by atoms with Gasteiger partial charge in [0.05, 0.1) is 0 Å². The summed E-state index contributed by atoms with van der Waals surface area (Å²) in [6, 6.07) is 0. The van der Waals surface area contributed by atoms with E-state index < -0.39 is 0 Å². The SMILES string of the molecule is CC(C)c1sc2c(c1C(C)C)Cc1c-2sc(C(C)C)c1C(C)C. The van der Waals surface area contributed by atoms with Gasteiger partial charge >= 0.3 is 0 Å². The first-order valence-electron chi connectivity index (χ1n) is 9.05. The third kappa shape index (κ3) is 2.62. The second kappa shape index (κ2) is 6.04. The van der Waals surface area contributed by atoms with Crippen molar-refractivity contribution in [3.05, 3.63) is 32.0 Å². The fourth-order valence-electron chi connectivity index (χ4n) is 4.01. The van der Waals surface area contributed by atoms with Crippen LogP contribution < -0.4 is 0 Å². The maximum absolute atomic E-state index is 2.36. The van der Waals surface area contributed by atoms with Gasteiger partial charge in [-0.1, -0.05) is 55.4 Å². The second-order valence-corrected chi connectivity index (χ2v) is 10.3. The molecular weight excluding hydrogens is 316 g/mol. The van der Waals surface area contributed by atoms with Crippen LogP contribution in [0, 0.1) is 0 Å². The van der Waals surface area contributed by atoms with Crippen LogP contribution in [0.5, 0.6) is 0 Å². The lowest BCUT2D eigenvalue weighted by molar-refractivity contribution is 0.790. The zero-order chi connectivity index (χ0) is 17.0. The maximum Gasteiger partial charge on any atom is 0.0487 e. The van der Waals surface area contributed by atoms with E-state index in [0.29, 0.717) is 23.7 Å². The first kappa shape index (κ1) is 17.2. The molecule has 2 aromatic rings. The van der Waals surface area contributed by atoms with Crippen molar-refractivity contribution in [2.45, 2.75) is 85.5 Å². The number of thiophene rings is 2. The molecule has 1 aliphatic carbocycles. The molecule has 0 N–H and O–H groups in total. The van der Waals surface area contributed by atoms with Gasteiger partial charge in [-0.15, -0.1) is 22.7 Å². The lowest BCUT2D eigenvalue weighted by Crippen LogP contribution is -2.00. The van der Waals surface area contributed by atoms with E-state index in [-0.39, 0.29) is 0 Å². The molecule has 0 spiro atoms. The van der Waals surface area contributed by atoms with Gasteiger partial charge in [-0.2, -0.15) is 0 Å². The summed E-state index contributed by atoms with van der Waals surface area (Å²) in [5, 5.41) is 0. The first-order valence-corrected chi connectivity index (χ1v) is 10.7. The third-order valence-corrected chi connectivity index (χ3v) is 8.18. The Morgan fingerprint density at radius 2 is 0.913 bits per heavy atom. The summed E-state index contributed by atoms with van der Waals surface area (Å²) in [5.74, 6) is 2.54. The minimum absolute atomic E-state index is 0.633. The van der Waals surface area contributed by atoms with E-state index >= 15 is 0 Å². The molecule has 0 nitrogen and oxygen atoms in total. The first-order chi connectivity index (χ1) is 10.7. The molecule has 0 bridgehead atoms. The van der Waals surface area contributed by atoms with Gasteiger partial charge in [0.25, 0.3) is 0 Å². The average molecular weight is 347 g/mol. The smallest absolute Gasteiger partial charge is 0.0487 e. The summed E-state index contributed by atoms with van der Waals surface area (Å²) in [6.45, 7) is 18.9. The molecule has 0 radical (unpaired) electrons. The molecule has 0 atom stereocenters. The van der Waals surface area contributed by atoms with Crippen molar-refractivity contribution in [1.82, 2.24) is 0 Å². The van der Waals surface area contributed by atoms with Gasteiger partial charge in [0.2, 0.25) is 0 Å². The molecule has 3 rings (SSSR count). The van der Waals surface area contributed by atoms with Crippen molar-refractivity contribution in [3.8, 4) is 9.75 Å². The van der Waals surface area contributed by atoms with Crippen LogP contribution in [0.1, 0.15) is 111 Å². The van der Waals surface area contributed by atoms with Crippen molar-refractivity contribution < 1.29 is 0 Å². The number of rotatable bonds is 4. The molecule has 1 aliphatic rings. The molecule has 126 valence electrons. The van der Waals surface area contributed by atoms with Crippen molar-refractivity contribution in [3.63, 3.8) is 0 Å². The second-order valence-electron chi connectivity index (χ2n) is 8.17. The van der Waals surface area contributed by atoms with Gasteiger partial charge in [-0.3, -0.25) is 0 Å². The van der Waals surface area contributed by atoms with Gasteiger partial charge in [-0.25, -0.2) is 0 Å². The Morgan fingerprint density at radius 3 is 1.17 bits per heavy atom. The highest BCUT2D eigenvalue weighted by Gasteiger charge is 2.34. The van der Waals surface area contributed by atoms with Crippen LogP contribution in [0.25, 0.3) is 9.75 Å². The van der Waals surface area contributed by atoms with E-state index in [1.165, 1.54) is 6.42 Å². The molecule has 0 amide bonds.